The molecule has 1 amide bonds. The number of rotatable bonds is 5. The van der Waals surface area contributed by atoms with E-state index in [1.54, 1.807) is 30.0 Å². The normalized spacial score (nSPS) is 17.3. The minimum Gasteiger partial charge on any atom is -0.387 e. The van der Waals surface area contributed by atoms with Gasteiger partial charge in [0, 0.05) is 17.2 Å². The van der Waals surface area contributed by atoms with E-state index in [0.29, 0.717) is 12.3 Å². The van der Waals surface area contributed by atoms with Gasteiger partial charge in [-0.3, -0.25) is 4.79 Å². The molecule has 0 saturated carbocycles. The molecule has 0 bridgehead atoms. The molecule has 5 heteroatoms. The van der Waals surface area contributed by atoms with Crippen molar-refractivity contribution in [2.24, 2.45) is 0 Å². The third-order valence-electron chi connectivity index (χ3n) is 3.06. The van der Waals surface area contributed by atoms with Crippen LogP contribution in [-0.2, 0) is 12.8 Å². The van der Waals surface area contributed by atoms with E-state index < -0.39 is 5.60 Å². The molecule has 1 aliphatic rings. The Bertz CT molecular complexity index is 419. The molecular weight excluding hydrogens is 266 g/mol. The highest BCUT2D eigenvalue weighted by molar-refractivity contribution is 7.98. The van der Waals surface area contributed by atoms with Crippen molar-refractivity contribution < 1.29 is 9.90 Å². The number of hydrogen-bond acceptors (Lipinski definition) is 4. The zero-order valence-corrected chi connectivity index (χ0v) is 12.4. The second kappa shape index (κ2) is 5.63. The largest absolute Gasteiger partial charge is 0.387 e. The van der Waals surface area contributed by atoms with Crippen molar-refractivity contribution >= 4 is 29.0 Å². The summed E-state index contributed by atoms with van der Waals surface area (Å²) in [4.78, 5) is 14.1. The first-order valence-corrected chi connectivity index (χ1v) is 8.34. The summed E-state index contributed by atoms with van der Waals surface area (Å²) in [7, 11) is 0. The summed E-state index contributed by atoms with van der Waals surface area (Å²) in [6.45, 7) is 2.05. The summed E-state index contributed by atoms with van der Waals surface area (Å²) >= 11 is 3.17. The van der Waals surface area contributed by atoms with E-state index in [4.69, 9.17) is 0 Å². The molecule has 0 spiro atoms. The van der Waals surface area contributed by atoms with Gasteiger partial charge in [-0.2, -0.15) is 11.8 Å². The highest BCUT2D eigenvalue weighted by Crippen LogP contribution is 2.30. The number of thiophene rings is 1. The van der Waals surface area contributed by atoms with Crippen LogP contribution in [0.15, 0.2) is 6.07 Å². The van der Waals surface area contributed by atoms with Crippen LogP contribution in [0, 0.1) is 0 Å². The van der Waals surface area contributed by atoms with E-state index >= 15 is 0 Å². The quantitative estimate of drug-likeness (QED) is 0.871. The predicted octanol–water partition coefficient (Wildman–Crippen LogP) is 2.08. The molecule has 0 fully saturated rings. The minimum atomic E-state index is -0.838. The zero-order chi connectivity index (χ0) is 13.2. The van der Waals surface area contributed by atoms with E-state index in [9.17, 15) is 9.90 Å². The van der Waals surface area contributed by atoms with Crippen LogP contribution in [0.5, 0.6) is 0 Å². The van der Waals surface area contributed by atoms with Crippen molar-refractivity contribution in [1.29, 1.82) is 0 Å². The number of amides is 1. The lowest BCUT2D eigenvalue weighted by Gasteiger charge is -2.22. The lowest BCUT2D eigenvalue weighted by atomic mass is 10.1. The molecule has 0 aliphatic heterocycles. The Morgan fingerprint density at radius 1 is 1.61 bits per heavy atom. The SMILES string of the molecule is CSCC(C)(O)CNC(=O)c1cc2c(s1)CCC2. The van der Waals surface area contributed by atoms with E-state index in [2.05, 4.69) is 5.32 Å². The summed E-state index contributed by atoms with van der Waals surface area (Å²) in [6, 6.07) is 2.01. The maximum Gasteiger partial charge on any atom is 0.261 e. The van der Waals surface area contributed by atoms with Gasteiger partial charge in [-0.05, 0) is 44.1 Å². The van der Waals surface area contributed by atoms with Crippen molar-refractivity contribution in [3.63, 3.8) is 0 Å². The Morgan fingerprint density at radius 2 is 2.39 bits per heavy atom. The highest BCUT2D eigenvalue weighted by atomic mass is 32.2. The Labute approximate surface area is 116 Å². The minimum absolute atomic E-state index is 0.0595. The summed E-state index contributed by atoms with van der Waals surface area (Å²) < 4.78 is 0. The van der Waals surface area contributed by atoms with Crippen LogP contribution < -0.4 is 5.32 Å². The van der Waals surface area contributed by atoms with Gasteiger partial charge in [0.25, 0.3) is 5.91 Å². The molecule has 18 heavy (non-hydrogen) atoms. The first kappa shape index (κ1) is 13.9. The molecule has 1 aromatic rings. The third kappa shape index (κ3) is 3.28. The Balaban J connectivity index is 1.91. The van der Waals surface area contributed by atoms with Crippen molar-refractivity contribution in [2.75, 3.05) is 18.6 Å². The van der Waals surface area contributed by atoms with Gasteiger partial charge in [-0.1, -0.05) is 0 Å². The van der Waals surface area contributed by atoms with Crippen molar-refractivity contribution in [2.45, 2.75) is 31.8 Å². The number of nitrogens with one attached hydrogen (secondary N) is 1. The molecule has 1 atom stereocenters. The van der Waals surface area contributed by atoms with Crippen LogP contribution >= 0.6 is 23.1 Å². The number of carbonyl (C=O) groups excluding carboxylic acids is 1. The lowest BCUT2D eigenvalue weighted by molar-refractivity contribution is 0.0727. The van der Waals surface area contributed by atoms with Gasteiger partial charge in [0.2, 0.25) is 0 Å². The molecule has 0 aromatic carbocycles. The average Bonchev–Trinajstić information content (AvgIpc) is 2.85. The van der Waals surface area contributed by atoms with Crippen LogP contribution in [0.25, 0.3) is 0 Å². The summed E-state index contributed by atoms with van der Waals surface area (Å²) in [5.41, 5.74) is 0.496. The summed E-state index contributed by atoms with van der Waals surface area (Å²) in [5.74, 6) is 0.560. The van der Waals surface area contributed by atoms with Crippen LogP contribution in [0.3, 0.4) is 0 Å². The van der Waals surface area contributed by atoms with E-state index in [1.807, 2.05) is 12.3 Å². The fraction of sp³-hybridized carbons (Fsp3) is 0.615. The number of aliphatic hydroxyl groups is 1. The number of carbonyl (C=O) groups is 1. The molecule has 0 saturated heterocycles. The van der Waals surface area contributed by atoms with Gasteiger partial charge in [0.1, 0.15) is 0 Å². The molecule has 2 N–H and O–H groups in total. The molecule has 1 unspecified atom stereocenters. The van der Waals surface area contributed by atoms with Gasteiger partial charge < -0.3 is 10.4 Å². The fourth-order valence-corrected chi connectivity index (χ4v) is 4.05. The van der Waals surface area contributed by atoms with Crippen molar-refractivity contribution in [3.05, 3.63) is 21.4 Å². The zero-order valence-electron chi connectivity index (χ0n) is 10.8. The van der Waals surface area contributed by atoms with Crippen LogP contribution in [0.1, 0.15) is 33.5 Å². The predicted molar refractivity (Wildman–Crippen MR) is 77.7 cm³/mol. The molecule has 0 radical (unpaired) electrons. The second-order valence-corrected chi connectivity index (χ2v) is 7.03. The molecular formula is C13H19NO2S2. The molecule has 1 heterocycles. The number of aryl methyl sites for hydroxylation is 2. The fourth-order valence-electron chi connectivity index (χ4n) is 2.16. The maximum absolute atomic E-state index is 12.0. The Morgan fingerprint density at radius 3 is 3.06 bits per heavy atom. The number of hydrogen-bond donors (Lipinski definition) is 2. The van der Waals surface area contributed by atoms with E-state index in [1.165, 1.54) is 16.9 Å². The molecule has 1 aliphatic carbocycles. The topological polar surface area (TPSA) is 49.3 Å². The van der Waals surface area contributed by atoms with Crippen molar-refractivity contribution in [1.82, 2.24) is 5.32 Å². The summed E-state index contributed by atoms with van der Waals surface area (Å²) in [5, 5.41) is 12.8. The number of fused-ring (bicyclic) bond motifs is 1. The van der Waals surface area contributed by atoms with Gasteiger partial charge >= 0.3 is 0 Å². The molecule has 1 aromatic heterocycles. The third-order valence-corrected chi connectivity index (χ3v) is 5.20. The molecule has 100 valence electrons. The standard InChI is InChI=1S/C13H19NO2S2/c1-13(16,8-17-2)7-14-12(15)11-6-9-4-3-5-10(9)18-11/h6,16H,3-5,7-8H2,1-2H3,(H,14,15). The van der Waals surface area contributed by atoms with Crippen LogP contribution in [-0.4, -0.2) is 35.2 Å². The van der Waals surface area contributed by atoms with Gasteiger partial charge in [0.15, 0.2) is 0 Å². The van der Waals surface area contributed by atoms with Crippen LogP contribution in [0.2, 0.25) is 0 Å². The van der Waals surface area contributed by atoms with E-state index in [0.717, 1.165) is 17.7 Å². The molecule has 2 rings (SSSR count). The summed E-state index contributed by atoms with van der Waals surface area (Å²) in [6.07, 6.45) is 5.37. The highest BCUT2D eigenvalue weighted by Gasteiger charge is 2.23. The van der Waals surface area contributed by atoms with Crippen molar-refractivity contribution in [3.8, 4) is 0 Å². The average molecular weight is 285 g/mol. The maximum atomic E-state index is 12.0. The molecule has 3 nitrogen and oxygen atoms in total. The lowest BCUT2D eigenvalue weighted by Crippen LogP contribution is -2.42. The smallest absolute Gasteiger partial charge is 0.261 e. The monoisotopic (exact) mass is 285 g/mol. The van der Waals surface area contributed by atoms with Gasteiger partial charge in [-0.25, -0.2) is 0 Å². The van der Waals surface area contributed by atoms with Gasteiger partial charge in [0.05, 0.1) is 10.5 Å². The Hall–Kier alpha value is -0.520. The van der Waals surface area contributed by atoms with Crippen LogP contribution in [0.4, 0.5) is 0 Å². The van der Waals surface area contributed by atoms with E-state index in [-0.39, 0.29) is 5.91 Å². The number of thioether (sulfide) groups is 1. The first-order valence-electron chi connectivity index (χ1n) is 6.13. The second-order valence-electron chi connectivity index (χ2n) is 5.03. The first-order chi connectivity index (χ1) is 8.52. The van der Waals surface area contributed by atoms with Gasteiger partial charge in [-0.15, -0.1) is 11.3 Å². The Kier molecular flexibility index (Phi) is 4.35.